The number of hydrogen-bond acceptors (Lipinski definition) is 4. The molecule has 1 amide bonds. The molecule has 25 heavy (non-hydrogen) atoms. The predicted octanol–water partition coefficient (Wildman–Crippen LogP) is 2.97. The van der Waals surface area contributed by atoms with Crippen molar-refractivity contribution in [2.24, 2.45) is 0 Å². The van der Waals surface area contributed by atoms with E-state index in [1.165, 1.54) is 7.11 Å². The Labute approximate surface area is 147 Å². The molecule has 2 aromatic rings. The third-order valence-corrected chi connectivity index (χ3v) is 3.88. The van der Waals surface area contributed by atoms with Crippen LogP contribution in [0.3, 0.4) is 0 Å². The molecule has 0 fully saturated rings. The van der Waals surface area contributed by atoms with E-state index in [0.29, 0.717) is 18.4 Å². The monoisotopic (exact) mass is 341 g/mol. The second-order valence-electron chi connectivity index (χ2n) is 5.76. The lowest BCUT2D eigenvalue weighted by molar-refractivity contribution is -0.116. The van der Waals surface area contributed by atoms with E-state index in [1.54, 1.807) is 12.1 Å². The highest BCUT2D eigenvalue weighted by Gasteiger charge is 2.06. The molecule has 0 radical (unpaired) electrons. The smallest absolute Gasteiger partial charge is 0.337 e. The van der Waals surface area contributed by atoms with E-state index in [9.17, 15) is 9.59 Å². The molecule has 5 heteroatoms. The maximum absolute atomic E-state index is 12.0. The zero-order valence-electron chi connectivity index (χ0n) is 14.3. The van der Waals surface area contributed by atoms with Crippen molar-refractivity contribution in [2.45, 2.75) is 25.7 Å². The maximum atomic E-state index is 12.0. The van der Waals surface area contributed by atoms with Crippen LogP contribution in [-0.2, 0) is 22.4 Å². The Bertz CT molecular complexity index is 693. The lowest BCUT2D eigenvalue weighted by Gasteiger charge is -2.07. The van der Waals surface area contributed by atoms with Crippen LogP contribution in [-0.4, -0.2) is 30.7 Å². The Hall–Kier alpha value is -2.66. The van der Waals surface area contributed by atoms with Crippen LogP contribution in [0.4, 0.5) is 5.69 Å². The number of benzene rings is 2. The largest absolute Gasteiger partial charge is 0.465 e. The first-order valence-electron chi connectivity index (χ1n) is 8.29. The fraction of sp³-hybridized carbons (Fsp3) is 0.300. The number of hydrogen-bond donors (Lipinski definition) is 2. The van der Waals surface area contributed by atoms with E-state index in [-0.39, 0.29) is 18.5 Å². The van der Waals surface area contributed by atoms with Gasteiger partial charge in [0.2, 0.25) is 5.91 Å². The Kier molecular flexibility index (Phi) is 7.16. The van der Waals surface area contributed by atoms with Gasteiger partial charge in [-0.25, -0.2) is 4.79 Å². The predicted molar refractivity (Wildman–Crippen MR) is 96.6 cm³/mol. The van der Waals surface area contributed by atoms with Gasteiger partial charge in [0.1, 0.15) is 0 Å². The third-order valence-electron chi connectivity index (χ3n) is 3.88. The molecular formula is C20H23NO4. The fourth-order valence-electron chi connectivity index (χ4n) is 2.49. The molecule has 0 aliphatic carbocycles. The molecule has 0 spiro atoms. The molecule has 2 aromatic carbocycles. The third kappa shape index (κ3) is 6.04. The second-order valence-corrected chi connectivity index (χ2v) is 5.76. The van der Waals surface area contributed by atoms with Crippen LogP contribution < -0.4 is 5.32 Å². The van der Waals surface area contributed by atoms with Gasteiger partial charge in [0.25, 0.3) is 0 Å². The van der Waals surface area contributed by atoms with Gasteiger partial charge in [-0.15, -0.1) is 0 Å². The Morgan fingerprint density at radius 2 is 1.56 bits per heavy atom. The SMILES string of the molecule is COC(=O)c1ccc(CCCC(=O)Nc2ccc(CCO)cc2)cc1. The quantitative estimate of drug-likeness (QED) is 0.724. The number of aryl methyl sites for hydroxylation is 1. The van der Waals surface area contributed by atoms with Gasteiger partial charge in [0, 0.05) is 18.7 Å². The van der Waals surface area contributed by atoms with E-state index in [0.717, 1.165) is 29.7 Å². The van der Waals surface area contributed by atoms with Crippen LogP contribution in [0.25, 0.3) is 0 Å². The fourth-order valence-corrected chi connectivity index (χ4v) is 2.49. The number of anilines is 1. The number of ether oxygens (including phenoxy) is 1. The minimum Gasteiger partial charge on any atom is -0.465 e. The summed E-state index contributed by atoms with van der Waals surface area (Å²) in [5.41, 5.74) is 3.40. The van der Waals surface area contributed by atoms with Gasteiger partial charge >= 0.3 is 5.97 Å². The zero-order valence-corrected chi connectivity index (χ0v) is 14.3. The van der Waals surface area contributed by atoms with Gasteiger partial charge < -0.3 is 15.2 Å². The number of aliphatic hydroxyl groups is 1. The summed E-state index contributed by atoms with van der Waals surface area (Å²) in [6, 6.07) is 14.7. The summed E-state index contributed by atoms with van der Waals surface area (Å²) in [4.78, 5) is 23.4. The average molecular weight is 341 g/mol. The molecule has 0 bridgehead atoms. The number of carbonyl (C=O) groups is 2. The highest BCUT2D eigenvalue weighted by atomic mass is 16.5. The summed E-state index contributed by atoms with van der Waals surface area (Å²) >= 11 is 0. The van der Waals surface area contributed by atoms with Gasteiger partial charge in [-0.05, 0) is 54.7 Å². The molecule has 132 valence electrons. The van der Waals surface area contributed by atoms with E-state index >= 15 is 0 Å². The number of methoxy groups -OCH3 is 1. The number of rotatable bonds is 8. The highest BCUT2D eigenvalue weighted by Crippen LogP contribution is 2.12. The molecule has 0 unspecified atom stereocenters. The Balaban J connectivity index is 1.75. The molecule has 2 rings (SSSR count). The van der Waals surface area contributed by atoms with Crippen LogP contribution in [0.2, 0.25) is 0 Å². The summed E-state index contributed by atoms with van der Waals surface area (Å²) in [6.45, 7) is 0.117. The summed E-state index contributed by atoms with van der Waals surface area (Å²) < 4.78 is 4.66. The molecular weight excluding hydrogens is 318 g/mol. The number of nitrogens with one attached hydrogen (secondary N) is 1. The first kappa shape index (κ1) is 18.7. The van der Waals surface area contributed by atoms with Crippen LogP contribution in [0.5, 0.6) is 0 Å². The second kappa shape index (κ2) is 9.59. The first-order chi connectivity index (χ1) is 12.1. The molecule has 0 heterocycles. The van der Waals surface area contributed by atoms with E-state index in [1.807, 2.05) is 36.4 Å². The van der Waals surface area contributed by atoms with Crippen molar-refractivity contribution in [3.05, 3.63) is 65.2 Å². The van der Waals surface area contributed by atoms with Crippen molar-refractivity contribution in [1.82, 2.24) is 0 Å². The van der Waals surface area contributed by atoms with Crippen molar-refractivity contribution >= 4 is 17.6 Å². The van der Waals surface area contributed by atoms with Gasteiger partial charge in [0.05, 0.1) is 12.7 Å². The van der Waals surface area contributed by atoms with Crippen molar-refractivity contribution < 1.29 is 19.4 Å². The van der Waals surface area contributed by atoms with Crippen molar-refractivity contribution in [2.75, 3.05) is 19.0 Å². The first-order valence-corrected chi connectivity index (χ1v) is 8.29. The molecule has 0 aliphatic heterocycles. The van der Waals surface area contributed by atoms with Crippen LogP contribution in [0.15, 0.2) is 48.5 Å². The molecule has 5 nitrogen and oxygen atoms in total. The molecule has 0 saturated heterocycles. The maximum Gasteiger partial charge on any atom is 0.337 e. The minimum absolute atomic E-state index is 0.0268. The molecule has 0 aromatic heterocycles. The summed E-state index contributed by atoms with van der Waals surface area (Å²) in [6.07, 6.45) is 2.54. The minimum atomic E-state index is -0.351. The van der Waals surface area contributed by atoms with Crippen LogP contribution >= 0.6 is 0 Å². The van der Waals surface area contributed by atoms with Gasteiger partial charge in [-0.3, -0.25) is 4.79 Å². The topological polar surface area (TPSA) is 75.6 Å². The van der Waals surface area contributed by atoms with E-state index in [2.05, 4.69) is 10.1 Å². The van der Waals surface area contributed by atoms with E-state index < -0.39 is 0 Å². The van der Waals surface area contributed by atoms with Gasteiger partial charge in [0.15, 0.2) is 0 Å². The van der Waals surface area contributed by atoms with Crippen molar-refractivity contribution in [1.29, 1.82) is 0 Å². The molecule has 0 saturated carbocycles. The van der Waals surface area contributed by atoms with Crippen molar-refractivity contribution in [3.8, 4) is 0 Å². The van der Waals surface area contributed by atoms with Crippen LogP contribution in [0.1, 0.15) is 34.3 Å². The zero-order chi connectivity index (χ0) is 18.1. The number of esters is 1. The average Bonchev–Trinajstić information content (AvgIpc) is 2.63. The Morgan fingerprint density at radius 3 is 2.16 bits per heavy atom. The number of amides is 1. The lowest BCUT2D eigenvalue weighted by atomic mass is 10.1. The standard InChI is InChI=1S/C20H23NO4/c1-25-20(24)17-9-5-15(6-10-17)3-2-4-19(23)21-18-11-7-16(8-12-18)13-14-22/h5-12,22H,2-4,13-14H2,1H3,(H,21,23). The summed E-state index contributed by atoms with van der Waals surface area (Å²) in [5.74, 6) is -0.378. The highest BCUT2D eigenvalue weighted by molar-refractivity contribution is 5.90. The number of aliphatic hydroxyl groups excluding tert-OH is 1. The lowest BCUT2D eigenvalue weighted by Crippen LogP contribution is -2.11. The molecule has 0 aliphatic rings. The van der Waals surface area contributed by atoms with Crippen LogP contribution in [0, 0.1) is 0 Å². The normalized spacial score (nSPS) is 10.3. The van der Waals surface area contributed by atoms with Gasteiger partial charge in [-0.1, -0.05) is 24.3 Å². The summed E-state index contributed by atoms with van der Waals surface area (Å²) in [5, 5.41) is 11.8. The summed E-state index contributed by atoms with van der Waals surface area (Å²) in [7, 11) is 1.36. The van der Waals surface area contributed by atoms with Gasteiger partial charge in [-0.2, -0.15) is 0 Å². The number of carbonyl (C=O) groups excluding carboxylic acids is 2. The van der Waals surface area contributed by atoms with E-state index in [4.69, 9.17) is 5.11 Å². The molecule has 0 atom stereocenters. The molecule has 2 N–H and O–H groups in total. The Morgan fingerprint density at radius 1 is 0.960 bits per heavy atom. The van der Waals surface area contributed by atoms with Crippen molar-refractivity contribution in [3.63, 3.8) is 0 Å².